The Labute approximate surface area is 61.5 Å². The minimum Gasteiger partial charge on any atom is -0.368 e. The second-order valence-electron chi connectivity index (χ2n) is 2.87. The third kappa shape index (κ3) is 4.32. The number of ether oxygens (including phenoxy) is 1. The highest BCUT2D eigenvalue weighted by Crippen LogP contribution is 2.12. The van der Waals surface area contributed by atoms with Crippen molar-refractivity contribution in [3.63, 3.8) is 0 Å². The number of primary amides is 1. The van der Waals surface area contributed by atoms with E-state index in [-0.39, 0.29) is 12.2 Å². The van der Waals surface area contributed by atoms with E-state index in [2.05, 4.69) is 0 Å². The summed E-state index contributed by atoms with van der Waals surface area (Å²) < 4.78 is 5.17. The van der Waals surface area contributed by atoms with Crippen LogP contribution in [0.25, 0.3) is 0 Å². The number of rotatable bonds is 4. The Morgan fingerprint density at radius 2 is 2.10 bits per heavy atom. The van der Waals surface area contributed by atoms with Crippen molar-refractivity contribution in [1.82, 2.24) is 0 Å². The second kappa shape index (κ2) is 3.56. The first-order valence-electron chi connectivity index (χ1n) is 3.40. The molecular weight excluding hydrogens is 130 g/mol. The minimum atomic E-state index is -0.415. The van der Waals surface area contributed by atoms with Crippen LogP contribution in [0.5, 0.6) is 0 Å². The maximum atomic E-state index is 10.3. The molecule has 0 rings (SSSR count). The van der Waals surface area contributed by atoms with E-state index in [1.54, 1.807) is 0 Å². The molecule has 0 fully saturated rings. The molecule has 0 aliphatic carbocycles. The third-order valence-corrected chi connectivity index (χ3v) is 1.46. The summed E-state index contributed by atoms with van der Waals surface area (Å²) in [6.07, 6.45) is 0.875. The molecule has 60 valence electrons. The summed E-state index contributed by atoms with van der Waals surface area (Å²) in [7, 11) is 0. The number of nitrogens with two attached hydrogens (primary N) is 1. The molecule has 10 heavy (non-hydrogen) atoms. The van der Waals surface area contributed by atoms with E-state index in [4.69, 9.17) is 10.5 Å². The van der Waals surface area contributed by atoms with Crippen molar-refractivity contribution in [2.75, 3.05) is 6.61 Å². The summed E-state index contributed by atoms with van der Waals surface area (Å²) in [6.45, 7) is 5.87. The highest BCUT2D eigenvalue weighted by atomic mass is 16.5. The quantitative estimate of drug-likeness (QED) is 0.632. The summed E-state index contributed by atoms with van der Waals surface area (Å²) in [5.74, 6) is -0.415. The minimum absolute atomic E-state index is 0.0147. The molecule has 0 aromatic carbocycles. The van der Waals surface area contributed by atoms with Crippen LogP contribution in [-0.2, 0) is 9.53 Å². The van der Waals surface area contributed by atoms with Gasteiger partial charge in [0.05, 0.1) is 5.60 Å². The Balaban J connectivity index is 3.56. The van der Waals surface area contributed by atoms with E-state index >= 15 is 0 Å². The molecule has 0 aliphatic rings. The van der Waals surface area contributed by atoms with Crippen molar-refractivity contribution in [3.05, 3.63) is 0 Å². The van der Waals surface area contributed by atoms with Gasteiger partial charge < -0.3 is 10.5 Å². The molecular formula is C7H15NO2. The number of carbonyl (C=O) groups is 1. The first-order chi connectivity index (χ1) is 4.48. The van der Waals surface area contributed by atoms with Crippen LogP contribution >= 0.6 is 0 Å². The lowest BCUT2D eigenvalue weighted by atomic mass is 10.1. The Kier molecular flexibility index (Phi) is 3.36. The summed E-state index contributed by atoms with van der Waals surface area (Å²) in [5.41, 5.74) is 4.66. The first-order valence-corrected chi connectivity index (χ1v) is 3.40. The molecule has 0 unspecified atom stereocenters. The lowest BCUT2D eigenvalue weighted by molar-refractivity contribution is -0.128. The van der Waals surface area contributed by atoms with E-state index in [1.165, 1.54) is 0 Å². The molecule has 3 nitrogen and oxygen atoms in total. The van der Waals surface area contributed by atoms with Gasteiger partial charge in [-0.1, -0.05) is 6.92 Å². The van der Waals surface area contributed by atoms with Gasteiger partial charge in [0.2, 0.25) is 5.91 Å². The molecule has 0 saturated carbocycles. The molecule has 0 aromatic heterocycles. The van der Waals surface area contributed by atoms with Gasteiger partial charge >= 0.3 is 0 Å². The van der Waals surface area contributed by atoms with Gasteiger partial charge in [-0.3, -0.25) is 4.79 Å². The molecule has 0 saturated heterocycles. The van der Waals surface area contributed by atoms with Crippen LogP contribution in [0, 0.1) is 0 Å². The number of hydrogen-bond acceptors (Lipinski definition) is 2. The SMILES string of the molecule is CCC(C)(C)OCC(N)=O. The molecule has 1 amide bonds. The standard InChI is InChI=1S/C7H15NO2/c1-4-7(2,3)10-5-6(8)9/h4-5H2,1-3H3,(H2,8,9). The first kappa shape index (κ1) is 9.43. The van der Waals surface area contributed by atoms with Crippen LogP contribution in [0.1, 0.15) is 27.2 Å². The van der Waals surface area contributed by atoms with Crippen LogP contribution in [0.3, 0.4) is 0 Å². The van der Waals surface area contributed by atoms with Gasteiger partial charge in [0, 0.05) is 0 Å². The summed E-state index contributed by atoms with van der Waals surface area (Å²) in [4.78, 5) is 10.3. The number of hydrogen-bond donors (Lipinski definition) is 1. The zero-order valence-corrected chi connectivity index (χ0v) is 6.81. The fourth-order valence-corrected chi connectivity index (χ4v) is 0.369. The van der Waals surface area contributed by atoms with Crippen LogP contribution in [0.15, 0.2) is 0 Å². The van der Waals surface area contributed by atoms with Crippen molar-refractivity contribution in [2.24, 2.45) is 5.73 Å². The highest BCUT2D eigenvalue weighted by molar-refractivity contribution is 5.75. The number of carbonyl (C=O) groups excluding carboxylic acids is 1. The van der Waals surface area contributed by atoms with Crippen LogP contribution < -0.4 is 5.73 Å². The van der Waals surface area contributed by atoms with Gasteiger partial charge in [-0.15, -0.1) is 0 Å². The maximum absolute atomic E-state index is 10.3. The van der Waals surface area contributed by atoms with E-state index in [0.717, 1.165) is 6.42 Å². The Morgan fingerprint density at radius 3 is 2.40 bits per heavy atom. The van der Waals surface area contributed by atoms with E-state index < -0.39 is 5.91 Å². The molecule has 0 aromatic rings. The lowest BCUT2D eigenvalue weighted by Crippen LogP contribution is -2.29. The van der Waals surface area contributed by atoms with Crippen LogP contribution in [-0.4, -0.2) is 18.1 Å². The van der Waals surface area contributed by atoms with E-state index in [1.807, 2.05) is 20.8 Å². The molecule has 0 atom stereocenters. The van der Waals surface area contributed by atoms with Gasteiger partial charge in [-0.25, -0.2) is 0 Å². The zero-order valence-electron chi connectivity index (χ0n) is 6.81. The van der Waals surface area contributed by atoms with Crippen LogP contribution in [0.2, 0.25) is 0 Å². The van der Waals surface area contributed by atoms with Gasteiger partial charge in [-0.2, -0.15) is 0 Å². The predicted octanol–water partition coefficient (Wildman–Crippen LogP) is 0.677. The van der Waals surface area contributed by atoms with Crippen molar-refractivity contribution in [1.29, 1.82) is 0 Å². The average molecular weight is 145 g/mol. The van der Waals surface area contributed by atoms with Crippen molar-refractivity contribution in [2.45, 2.75) is 32.8 Å². The van der Waals surface area contributed by atoms with Crippen molar-refractivity contribution < 1.29 is 9.53 Å². The van der Waals surface area contributed by atoms with Gasteiger partial charge in [0.1, 0.15) is 6.61 Å². The van der Waals surface area contributed by atoms with E-state index in [0.29, 0.717) is 0 Å². The molecule has 0 radical (unpaired) electrons. The highest BCUT2D eigenvalue weighted by Gasteiger charge is 2.15. The summed E-state index contributed by atoms with van der Waals surface area (Å²) in [6, 6.07) is 0. The maximum Gasteiger partial charge on any atom is 0.243 e. The Morgan fingerprint density at radius 1 is 1.60 bits per heavy atom. The average Bonchev–Trinajstić information content (AvgIpc) is 1.85. The smallest absolute Gasteiger partial charge is 0.243 e. The molecule has 0 spiro atoms. The topological polar surface area (TPSA) is 52.3 Å². The third-order valence-electron chi connectivity index (χ3n) is 1.46. The fourth-order valence-electron chi connectivity index (χ4n) is 0.369. The van der Waals surface area contributed by atoms with Crippen LogP contribution in [0.4, 0.5) is 0 Å². The molecule has 3 heteroatoms. The second-order valence-corrected chi connectivity index (χ2v) is 2.87. The molecule has 0 bridgehead atoms. The van der Waals surface area contributed by atoms with Crippen molar-refractivity contribution in [3.8, 4) is 0 Å². The zero-order chi connectivity index (χ0) is 8.20. The predicted molar refractivity (Wildman–Crippen MR) is 39.5 cm³/mol. The lowest BCUT2D eigenvalue weighted by Gasteiger charge is -2.22. The van der Waals surface area contributed by atoms with E-state index in [9.17, 15) is 4.79 Å². The summed E-state index contributed by atoms with van der Waals surface area (Å²) >= 11 is 0. The Bertz CT molecular complexity index is 121. The summed E-state index contributed by atoms with van der Waals surface area (Å²) in [5, 5.41) is 0. The Hall–Kier alpha value is -0.570. The van der Waals surface area contributed by atoms with Gasteiger partial charge in [-0.05, 0) is 20.3 Å². The molecule has 0 heterocycles. The number of amides is 1. The monoisotopic (exact) mass is 145 g/mol. The molecule has 2 N–H and O–H groups in total. The van der Waals surface area contributed by atoms with Crippen molar-refractivity contribution >= 4 is 5.91 Å². The molecule has 0 aliphatic heterocycles. The largest absolute Gasteiger partial charge is 0.368 e. The van der Waals surface area contributed by atoms with Gasteiger partial charge in [0.15, 0.2) is 0 Å². The normalized spacial score (nSPS) is 11.5. The fraction of sp³-hybridized carbons (Fsp3) is 0.857. The van der Waals surface area contributed by atoms with Gasteiger partial charge in [0.25, 0.3) is 0 Å².